The van der Waals surface area contributed by atoms with Crippen molar-refractivity contribution in [3.05, 3.63) is 70.5 Å². The Kier molecular flexibility index (Phi) is 6.63. The van der Waals surface area contributed by atoms with Crippen LogP contribution >= 0.6 is 0 Å². The van der Waals surface area contributed by atoms with Gasteiger partial charge < -0.3 is 0 Å². The maximum atomic E-state index is 14.0. The first-order valence-electron chi connectivity index (χ1n) is 9.97. The smallest absolute Gasteiger partial charge is 0.137 e. The summed E-state index contributed by atoms with van der Waals surface area (Å²) >= 11 is 0. The van der Waals surface area contributed by atoms with Gasteiger partial charge in [-0.15, -0.1) is 0 Å². The summed E-state index contributed by atoms with van der Waals surface area (Å²) in [4.78, 5) is 13.4. The molecular weight excluding hydrogens is 383 g/mol. The highest BCUT2D eigenvalue weighted by molar-refractivity contribution is 7.84. The monoisotopic (exact) mass is 410 g/mol. The number of allylic oxidation sites excluding steroid dienone is 3. The van der Waals surface area contributed by atoms with Crippen molar-refractivity contribution < 1.29 is 13.4 Å². The van der Waals surface area contributed by atoms with Gasteiger partial charge in [0, 0.05) is 34.8 Å². The first-order valence-corrected chi connectivity index (χ1v) is 11.5. The van der Waals surface area contributed by atoms with E-state index in [0.717, 1.165) is 44.7 Å². The summed E-state index contributed by atoms with van der Waals surface area (Å²) in [5, 5.41) is 0. The van der Waals surface area contributed by atoms with Crippen LogP contribution < -0.4 is 0 Å². The van der Waals surface area contributed by atoms with E-state index in [1.54, 1.807) is 12.3 Å². The summed E-state index contributed by atoms with van der Waals surface area (Å²) in [6, 6.07) is 12.4. The van der Waals surface area contributed by atoms with Crippen LogP contribution in [-0.2, 0) is 15.6 Å². The van der Waals surface area contributed by atoms with Crippen LogP contribution in [0.2, 0.25) is 0 Å². The molecule has 0 spiro atoms. The SMILES string of the molecule is CCC(C)CC(=O)CC1=C(C)/C(=C\c2ccc(S(C)=O)cc2)c2ccc(F)cc21. The molecule has 0 heterocycles. The Morgan fingerprint density at radius 3 is 2.45 bits per heavy atom. The molecule has 2 aromatic rings. The third kappa shape index (κ3) is 4.81. The number of halogens is 1. The predicted octanol–water partition coefficient (Wildman–Crippen LogP) is 6.29. The van der Waals surface area contributed by atoms with Gasteiger partial charge in [-0.3, -0.25) is 9.00 Å². The summed E-state index contributed by atoms with van der Waals surface area (Å²) < 4.78 is 25.6. The Labute approximate surface area is 175 Å². The molecule has 2 aromatic carbocycles. The van der Waals surface area contributed by atoms with Crippen LogP contribution in [0.15, 0.2) is 52.9 Å². The van der Waals surface area contributed by atoms with E-state index in [2.05, 4.69) is 19.9 Å². The molecule has 1 aliphatic rings. The van der Waals surface area contributed by atoms with Gasteiger partial charge in [-0.05, 0) is 76.6 Å². The van der Waals surface area contributed by atoms with Gasteiger partial charge in [0.25, 0.3) is 0 Å². The Morgan fingerprint density at radius 2 is 1.83 bits per heavy atom. The van der Waals surface area contributed by atoms with Gasteiger partial charge in [0.1, 0.15) is 11.6 Å². The number of benzene rings is 2. The molecule has 2 unspecified atom stereocenters. The van der Waals surface area contributed by atoms with Crippen LogP contribution in [0.4, 0.5) is 4.39 Å². The van der Waals surface area contributed by atoms with Gasteiger partial charge in [-0.2, -0.15) is 0 Å². The van der Waals surface area contributed by atoms with E-state index in [4.69, 9.17) is 0 Å². The van der Waals surface area contributed by atoms with E-state index in [1.165, 1.54) is 12.1 Å². The Bertz CT molecular complexity index is 1020. The van der Waals surface area contributed by atoms with E-state index >= 15 is 0 Å². The zero-order chi connectivity index (χ0) is 21.1. The average Bonchev–Trinajstić information content (AvgIpc) is 2.93. The molecule has 2 nitrogen and oxygen atoms in total. The van der Waals surface area contributed by atoms with Crippen molar-refractivity contribution in [3.63, 3.8) is 0 Å². The summed E-state index contributed by atoms with van der Waals surface area (Å²) in [6.45, 7) is 6.17. The van der Waals surface area contributed by atoms with Crippen LogP contribution in [0.1, 0.15) is 56.7 Å². The molecule has 0 fully saturated rings. The molecular formula is C25H27FO2S. The lowest BCUT2D eigenvalue weighted by Gasteiger charge is -2.09. The van der Waals surface area contributed by atoms with E-state index in [1.807, 2.05) is 31.2 Å². The van der Waals surface area contributed by atoms with Gasteiger partial charge >= 0.3 is 0 Å². The lowest BCUT2D eigenvalue weighted by molar-refractivity contribution is -0.118. The summed E-state index contributed by atoms with van der Waals surface area (Å²) in [5.74, 6) is 0.258. The van der Waals surface area contributed by atoms with Crippen LogP contribution in [0.25, 0.3) is 17.2 Å². The molecule has 0 bridgehead atoms. The van der Waals surface area contributed by atoms with E-state index < -0.39 is 10.8 Å². The van der Waals surface area contributed by atoms with Crippen molar-refractivity contribution in [3.8, 4) is 0 Å². The van der Waals surface area contributed by atoms with Crippen molar-refractivity contribution in [2.75, 3.05) is 6.26 Å². The molecule has 1 aliphatic carbocycles. The highest BCUT2D eigenvalue weighted by atomic mass is 32.2. The Morgan fingerprint density at radius 1 is 1.14 bits per heavy atom. The number of carbonyl (C=O) groups is 1. The van der Waals surface area contributed by atoms with Gasteiger partial charge in [-0.1, -0.05) is 38.5 Å². The zero-order valence-electron chi connectivity index (χ0n) is 17.4. The van der Waals surface area contributed by atoms with Gasteiger partial charge in [-0.25, -0.2) is 4.39 Å². The molecule has 0 N–H and O–H groups in total. The maximum Gasteiger partial charge on any atom is 0.137 e. The quantitative estimate of drug-likeness (QED) is 0.538. The lowest BCUT2D eigenvalue weighted by Crippen LogP contribution is -2.05. The molecule has 2 atom stereocenters. The molecule has 152 valence electrons. The second-order valence-corrected chi connectivity index (χ2v) is 9.19. The topological polar surface area (TPSA) is 34.1 Å². The van der Waals surface area contributed by atoms with Crippen LogP contribution in [0.5, 0.6) is 0 Å². The largest absolute Gasteiger partial charge is 0.299 e. The fourth-order valence-corrected chi connectivity index (χ4v) is 4.23. The minimum atomic E-state index is -1.01. The summed E-state index contributed by atoms with van der Waals surface area (Å²) in [7, 11) is -1.01. The number of hydrogen-bond acceptors (Lipinski definition) is 2. The number of ketones is 1. The molecule has 0 saturated heterocycles. The van der Waals surface area contributed by atoms with Crippen molar-refractivity contribution in [1.82, 2.24) is 0 Å². The van der Waals surface area contributed by atoms with E-state index in [0.29, 0.717) is 18.8 Å². The minimum absolute atomic E-state index is 0.194. The highest BCUT2D eigenvalue weighted by Gasteiger charge is 2.26. The Balaban J connectivity index is 2.00. The second-order valence-electron chi connectivity index (χ2n) is 7.81. The number of Topliss-reactive ketones (excluding diaryl/α,β-unsaturated/α-hetero) is 1. The van der Waals surface area contributed by atoms with Crippen molar-refractivity contribution in [2.45, 2.75) is 44.9 Å². The molecule has 0 amide bonds. The standard InChI is InChI=1S/C25H27FO2S/c1-5-16(2)12-20(27)15-24-17(3)23(22-11-8-19(26)14-25(22)24)13-18-6-9-21(10-7-18)29(4)28/h6-11,13-14,16H,5,12,15H2,1-4H3/b23-13+. The fraction of sp³-hybridized carbons (Fsp3) is 0.320. The minimum Gasteiger partial charge on any atom is -0.299 e. The van der Waals surface area contributed by atoms with Crippen LogP contribution in [0, 0.1) is 11.7 Å². The normalized spacial score (nSPS) is 16.8. The van der Waals surface area contributed by atoms with Crippen molar-refractivity contribution in [1.29, 1.82) is 0 Å². The molecule has 0 aliphatic heterocycles. The number of carbonyl (C=O) groups excluding carboxylic acids is 1. The highest BCUT2D eigenvalue weighted by Crippen LogP contribution is 2.44. The zero-order valence-corrected chi connectivity index (χ0v) is 18.2. The molecule has 4 heteroatoms. The number of hydrogen-bond donors (Lipinski definition) is 0. The summed E-state index contributed by atoms with van der Waals surface area (Å²) in [5.41, 5.74) is 5.71. The van der Waals surface area contributed by atoms with Gasteiger partial charge in [0.15, 0.2) is 0 Å². The molecule has 29 heavy (non-hydrogen) atoms. The van der Waals surface area contributed by atoms with Gasteiger partial charge in [0.2, 0.25) is 0 Å². The van der Waals surface area contributed by atoms with E-state index in [9.17, 15) is 13.4 Å². The number of rotatable bonds is 7. The molecule has 0 radical (unpaired) electrons. The van der Waals surface area contributed by atoms with Crippen molar-refractivity contribution in [2.24, 2.45) is 5.92 Å². The van der Waals surface area contributed by atoms with Crippen molar-refractivity contribution >= 4 is 33.8 Å². The van der Waals surface area contributed by atoms with Crippen LogP contribution in [-0.4, -0.2) is 16.2 Å². The van der Waals surface area contributed by atoms with Crippen LogP contribution in [0.3, 0.4) is 0 Å². The summed E-state index contributed by atoms with van der Waals surface area (Å²) in [6.07, 6.45) is 5.56. The third-order valence-electron chi connectivity index (χ3n) is 5.62. The van der Waals surface area contributed by atoms with Gasteiger partial charge in [0.05, 0.1) is 0 Å². The predicted molar refractivity (Wildman–Crippen MR) is 119 cm³/mol. The average molecular weight is 411 g/mol. The number of fused-ring (bicyclic) bond motifs is 1. The second kappa shape index (κ2) is 9.00. The maximum absolute atomic E-state index is 14.0. The lowest BCUT2D eigenvalue weighted by atomic mass is 9.94. The first-order chi connectivity index (χ1) is 13.8. The Hall–Kier alpha value is -2.33. The molecule has 0 aromatic heterocycles. The molecule has 0 saturated carbocycles. The third-order valence-corrected chi connectivity index (χ3v) is 6.56. The van der Waals surface area contributed by atoms with E-state index in [-0.39, 0.29) is 11.6 Å². The fourth-order valence-electron chi connectivity index (χ4n) is 3.71. The molecule has 3 rings (SSSR count). The first kappa shape index (κ1) is 21.4.